The molecule has 3 aromatic rings. The number of amides is 1. The molecule has 2 aromatic carbocycles. The Balaban J connectivity index is 1.37. The molecule has 2 heterocycles. The molecule has 1 aliphatic heterocycles. The molecule has 28 heavy (non-hydrogen) atoms. The van der Waals surface area contributed by atoms with Crippen LogP contribution in [0.3, 0.4) is 0 Å². The molecule has 5 heteroatoms. The van der Waals surface area contributed by atoms with Crippen molar-refractivity contribution in [1.29, 1.82) is 0 Å². The summed E-state index contributed by atoms with van der Waals surface area (Å²) in [7, 11) is 0. The van der Waals surface area contributed by atoms with Gasteiger partial charge in [-0.3, -0.25) is 9.69 Å². The van der Waals surface area contributed by atoms with Gasteiger partial charge in [-0.25, -0.2) is 0 Å². The van der Waals surface area contributed by atoms with Gasteiger partial charge < -0.3 is 9.47 Å². The summed E-state index contributed by atoms with van der Waals surface area (Å²) in [4.78, 5) is 17.3. The SMILES string of the molecule is O=C(c1ccc(-n2cccc2)cc1)N1CCCN(Cc2ccc(Cl)cc2)CC1. The number of carbonyl (C=O) groups is 1. The van der Waals surface area contributed by atoms with Crippen LogP contribution < -0.4 is 0 Å². The van der Waals surface area contributed by atoms with Crippen molar-refractivity contribution in [2.45, 2.75) is 13.0 Å². The number of aromatic nitrogens is 1. The Morgan fingerprint density at radius 2 is 1.57 bits per heavy atom. The smallest absolute Gasteiger partial charge is 0.253 e. The Bertz CT molecular complexity index is 904. The average Bonchev–Trinajstić information content (AvgIpc) is 3.16. The predicted octanol–water partition coefficient (Wildman–Crippen LogP) is 4.48. The minimum atomic E-state index is 0.118. The van der Waals surface area contributed by atoms with Gasteiger partial charge in [0.1, 0.15) is 0 Å². The molecular weight excluding hydrogens is 370 g/mol. The third-order valence-corrected chi connectivity index (χ3v) is 5.46. The number of hydrogen-bond acceptors (Lipinski definition) is 2. The van der Waals surface area contributed by atoms with Crippen molar-refractivity contribution in [1.82, 2.24) is 14.4 Å². The quantitative estimate of drug-likeness (QED) is 0.653. The Morgan fingerprint density at radius 1 is 0.857 bits per heavy atom. The third-order valence-electron chi connectivity index (χ3n) is 5.21. The molecule has 0 saturated carbocycles. The Morgan fingerprint density at radius 3 is 2.29 bits per heavy atom. The van der Waals surface area contributed by atoms with Crippen molar-refractivity contribution < 1.29 is 4.79 Å². The number of rotatable bonds is 4. The van der Waals surface area contributed by atoms with Gasteiger partial charge in [-0.15, -0.1) is 0 Å². The maximum absolute atomic E-state index is 12.9. The monoisotopic (exact) mass is 393 g/mol. The molecule has 0 spiro atoms. The summed E-state index contributed by atoms with van der Waals surface area (Å²) in [6.07, 6.45) is 4.99. The van der Waals surface area contributed by atoms with E-state index in [1.807, 2.05) is 70.4 Å². The van der Waals surface area contributed by atoms with Gasteiger partial charge in [-0.05, 0) is 60.5 Å². The van der Waals surface area contributed by atoms with E-state index in [2.05, 4.69) is 17.0 Å². The molecule has 144 valence electrons. The summed E-state index contributed by atoms with van der Waals surface area (Å²) in [6.45, 7) is 4.33. The summed E-state index contributed by atoms with van der Waals surface area (Å²) in [5.41, 5.74) is 3.07. The standard InChI is InChI=1S/C23H24ClN3O/c24-21-8-4-19(5-9-21)18-25-12-3-15-27(17-16-25)23(28)20-6-10-22(11-7-20)26-13-1-2-14-26/h1-2,4-11,13-14H,3,12,15-18H2. The predicted molar refractivity (Wildman–Crippen MR) is 113 cm³/mol. The van der Waals surface area contributed by atoms with Gasteiger partial charge in [0.05, 0.1) is 0 Å². The second-order valence-corrected chi connectivity index (χ2v) is 7.62. The third kappa shape index (κ3) is 4.46. The average molecular weight is 394 g/mol. The molecule has 0 N–H and O–H groups in total. The van der Waals surface area contributed by atoms with Crippen LogP contribution in [0.2, 0.25) is 5.02 Å². The lowest BCUT2D eigenvalue weighted by Crippen LogP contribution is -2.35. The Labute approximate surface area is 170 Å². The lowest BCUT2D eigenvalue weighted by molar-refractivity contribution is 0.0761. The van der Waals surface area contributed by atoms with E-state index < -0.39 is 0 Å². The van der Waals surface area contributed by atoms with Crippen molar-refractivity contribution in [2.75, 3.05) is 26.2 Å². The van der Waals surface area contributed by atoms with Crippen LogP contribution in [0.5, 0.6) is 0 Å². The highest BCUT2D eigenvalue weighted by atomic mass is 35.5. The highest BCUT2D eigenvalue weighted by Gasteiger charge is 2.20. The van der Waals surface area contributed by atoms with Crippen LogP contribution in [0.4, 0.5) is 0 Å². The summed E-state index contributed by atoms with van der Waals surface area (Å²) in [5, 5.41) is 0.763. The van der Waals surface area contributed by atoms with Gasteiger partial charge in [0.2, 0.25) is 0 Å². The molecule has 1 saturated heterocycles. The molecule has 1 aliphatic rings. The molecule has 1 fully saturated rings. The van der Waals surface area contributed by atoms with Gasteiger partial charge in [0.15, 0.2) is 0 Å². The molecular formula is C23H24ClN3O. The van der Waals surface area contributed by atoms with Crippen molar-refractivity contribution in [3.63, 3.8) is 0 Å². The van der Waals surface area contributed by atoms with Gasteiger partial charge in [-0.2, -0.15) is 0 Å². The molecule has 1 amide bonds. The van der Waals surface area contributed by atoms with E-state index in [1.165, 1.54) is 5.56 Å². The lowest BCUT2D eigenvalue weighted by atomic mass is 10.1. The van der Waals surface area contributed by atoms with Crippen molar-refractivity contribution in [2.24, 2.45) is 0 Å². The molecule has 1 aromatic heterocycles. The number of halogens is 1. The Hall–Kier alpha value is -2.56. The van der Waals surface area contributed by atoms with E-state index in [1.54, 1.807) is 0 Å². The fourth-order valence-electron chi connectivity index (χ4n) is 3.65. The zero-order valence-corrected chi connectivity index (χ0v) is 16.6. The highest BCUT2D eigenvalue weighted by Crippen LogP contribution is 2.16. The van der Waals surface area contributed by atoms with E-state index in [4.69, 9.17) is 11.6 Å². The lowest BCUT2D eigenvalue weighted by Gasteiger charge is -2.22. The van der Waals surface area contributed by atoms with E-state index in [0.717, 1.165) is 55.4 Å². The maximum atomic E-state index is 12.9. The van der Waals surface area contributed by atoms with Crippen LogP contribution in [-0.2, 0) is 6.54 Å². The number of benzene rings is 2. The van der Waals surface area contributed by atoms with E-state index >= 15 is 0 Å². The first-order valence-corrected chi connectivity index (χ1v) is 10.1. The van der Waals surface area contributed by atoms with Crippen LogP contribution in [-0.4, -0.2) is 46.5 Å². The molecule has 4 nitrogen and oxygen atoms in total. The van der Waals surface area contributed by atoms with Crippen LogP contribution in [0.15, 0.2) is 73.1 Å². The second-order valence-electron chi connectivity index (χ2n) is 7.19. The molecule has 0 radical (unpaired) electrons. The number of nitrogens with zero attached hydrogens (tertiary/aromatic N) is 3. The molecule has 0 unspecified atom stereocenters. The molecule has 0 atom stereocenters. The Kier molecular flexibility index (Phi) is 5.79. The summed E-state index contributed by atoms with van der Waals surface area (Å²) in [6, 6.07) is 19.8. The summed E-state index contributed by atoms with van der Waals surface area (Å²) in [5.74, 6) is 0.118. The maximum Gasteiger partial charge on any atom is 0.253 e. The van der Waals surface area contributed by atoms with Gasteiger partial charge in [0, 0.05) is 61.4 Å². The van der Waals surface area contributed by atoms with Crippen molar-refractivity contribution in [3.05, 3.63) is 89.2 Å². The fraction of sp³-hybridized carbons (Fsp3) is 0.261. The van der Waals surface area contributed by atoms with Crippen LogP contribution in [0, 0.1) is 0 Å². The zero-order chi connectivity index (χ0) is 19.3. The summed E-state index contributed by atoms with van der Waals surface area (Å²) < 4.78 is 2.04. The van der Waals surface area contributed by atoms with Crippen LogP contribution in [0.1, 0.15) is 22.3 Å². The number of hydrogen-bond donors (Lipinski definition) is 0. The first-order valence-electron chi connectivity index (χ1n) is 9.68. The first-order chi connectivity index (χ1) is 13.7. The van der Waals surface area contributed by atoms with Crippen molar-refractivity contribution in [3.8, 4) is 5.69 Å². The normalized spacial score (nSPS) is 15.4. The minimum absolute atomic E-state index is 0.118. The molecule has 4 rings (SSSR count). The van der Waals surface area contributed by atoms with Gasteiger partial charge in [-0.1, -0.05) is 23.7 Å². The number of carbonyl (C=O) groups excluding carboxylic acids is 1. The van der Waals surface area contributed by atoms with Crippen LogP contribution in [0.25, 0.3) is 5.69 Å². The molecule has 0 bridgehead atoms. The largest absolute Gasteiger partial charge is 0.337 e. The molecule has 0 aliphatic carbocycles. The van der Waals surface area contributed by atoms with Gasteiger partial charge in [0.25, 0.3) is 5.91 Å². The topological polar surface area (TPSA) is 28.5 Å². The van der Waals surface area contributed by atoms with E-state index in [9.17, 15) is 4.79 Å². The highest BCUT2D eigenvalue weighted by molar-refractivity contribution is 6.30. The van der Waals surface area contributed by atoms with E-state index in [-0.39, 0.29) is 5.91 Å². The van der Waals surface area contributed by atoms with E-state index in [0.29, 0.717) is 0 Å². The fourth-order valence-corrected chi connectivity index (χ4v) is 3.77. The van der Waals surface area contributed by atoms with Crippen LogP contribution >= 0.6 is 11.6 Å². The van der Waals surface area contributed by atoms with Gasteiger partial charge >= 0.3 is 0 Å². The van der Waals surface area contributed by atoms with Crippen molar-refractivity contribution >= 4 is 17.5 Å². The zero-order valence-electron chi connectivity index (χ0n) is 15.8. The second kappa shape index (κ2) is 8.63. The first kappa shape index (κ1) is 18.8. The minimum Gasteiger partial charge on any atom is -0.337 e. The summed E-state index contributed by atoms with van der Waals surface area (Å²) >= 11 is 5.97.